The quantitative estimate of drug-likeness (QED) is 0.451. The van der Waals surface area contributed by atoms with Gasteiger partial charge in [0.2, 0.25) is 0 Å². The zero-order valence-corrected chi connectivity index (χ0v) is 18.7. The zero-order valence-electron chi connectivity index (χ0n) is 17.2. The van der Waals surface area contributed by atoms with E-state index in [2.05, 4.69) is 4.98 Å². The highest BCUT2D eigenvalue weighted by molar-refractivity contribution is 7.17. The van der Waals surface area contributed by atoms with Crippen molar-refractivity contribution in [2.75, 3.05) is 26.3 Å². The Hall–Kier alpha value is -3.00. The van der Waals surface area contributed by atoms with Crippen molar-refractivity contribution < 1.29 is 9.53 Å². The molecule has 2 aromatic carbocycles. The standard InChI is InChI=1S/C24H20ClN3O3S/c25-19-7-5-17(6-8-19)20-14-32-22-21(20)24(30)28(15-26-22)13-16-1-3-18(4-2-16)23(29)27-9-11-31-12-10-27/h1-8,14-15H,9-13H2. The van der Waals surface area contributed by atoms with Crippen molar-refractivity contribution in [3.8, 4) is 11.1 Å². The Kier molecular flexibility index (Phi) is 5.78. The third kappa shape index (κ3) is 4.07. The summed E-state index contributed by atoms with van der Waals surface area (Å²) in [4.78, 5) is 32.9. The fourth-order valence-corrected chi connectivity index (χ4v) is 4.85. The molecule has 0 bridgehead atoms. The van der Waals surface area contributed by atoms with Crippen LogP contribution in [0.2, 0.25) is 5.02 Å². The van der Waals surface area contributed by atoms with Gasteiger partial charge < -0.3 is 9.64 Å². The molecule has 0 N–H and O–H groups in total. The molecule has 0 atom stereocenters. The lowest BCUT2D eigenvalue weighted by molar-refractivity contribution is 0.0303. The van der Waals surface area contributed by atoms with Gasteiger partial charge in [-0.2, -0.15) is 0 Å². The molecule has 8 heteroatoms. The predicted molar refractivity (Wildman–Crippen MR) is 127 cm³/mol. The minimum Gasteiger partial charge on any atom is -0.378 e. The van der Waals surface area contributed by atoms with Crippen molar-refractivity contribution in [1.29, 1.82) is 0 Å². The molecule has 1 saturated heterocycles. The van der Waals surface area contributed by atoms with Crippen LogP contribution in [0.3, 0.4) is 0 Å². The average Bonchev–Trinajstić information content (AvgIpc) is 3.27. The fraction of sp³-hybridized carbons (Fsp3) is 0.208. The van der Waals surface area contributed by atoms with Crippen molar-refractivity contribution in [3.05, 3.63) is 86.7 Å². The van der Waals surface area contributed by atoms with Crippen LogP contribution in [0.1, 0.15) is 15.9 Å². The third-order valence-corrected chi connectivity index (χ3v) is 6.71. The molecule has 5 rings (SSSR count). The van der Waals surface area contributed by atoms with E-state index in [1.54, 1.807) is 15.8 Å². The molecule has 32 heavy (non-hydrogen) atoms. The summed E-state index contributed by atoms with van der Waals surface area (Å²) < 4.78 is 6.92. The minimum atomic E-state index is -0.0883. The van der Waals surface area contributed by atoms with Gasteiger partial charge in [-0.25, -0.2) is 4.98 Å². The minimum absolute atomic E-state index is 0.00554. The topological polar surface area (TPSA) is 64.4 Å². The maximum Gasteiger partial charge on any atom is 0.263 e. The molecule has 6 nitrogen and oxygen atoms in total. The molecule has 4 aromatic rings. The highest BCUT2D eigenvalue weighted by Gasteiger charge is 2.18. The molecule has 0 unspecified atom stereocenters. The summed E-state index contributed by atoms with van der Waals surface area (Å²) >= 11 is 7.46. The zero-order chi connectivity index (χ0) is 22.1. The number of amides is 1. The summed E-state index contributed by atoms with van der Waals surface area (Å²) in [6, 6.07) is 14.8. The Labute approximate surface area is 193 Å². The van der Waals surface area contributed by atoms with Crippen molar-refractivity contribution in [1.82, 2.24) is 14.5 Å². The van der Waals surface area contributed by atoms with Crippen LogP contribution in [0.4, 0.5) is 0 Å². The SMILES string of the molecule is O=C(c1ccc(Cn2cnc3scc(-c4ccc(Cl)cc4)c3c2=O)cc1)N1CCOCC1. The van der Waals surface area contributed by atoms with Crippen LogP contribution in [-0.4, -0.2) is 46.7 Å². The van der Waals surface area contributed by atoms with Crippen LogP contribution in [0.5, 0.6) is 0 Å². The van der Waals surface area contributed by atoms with E-state index in [1.165, 1.54) is 11.3 Å². The molecule has 0 aliphatic carbocycles. The molecular formula is C24H20ClN3O3S. The van der Waals surface area contributed by atoms with E-state index in [4.69, 9.17) is 16.3 Å². The van der Waals surface area contributed by atoms with Crippen molar-refractivity contribution in [2.24, 2.45) is 0 Å². The number of benzene rings is 2. The van der Waals surface area contributed by atoms with E-state index in [0.29, 0.717) is 53.7 Å². The molecule has 0 radical (unpaired) electrons. The second-order valence-electron chi connectivity index (χ2n) is 7.62. The number of nitrogens with zero attached hydrogens (tertiary/aromatic N) is 3. The van der Waals surface area contributed by atoms with E-state index >= 15 is 0 Å². The van der Waals surface area contributed by atoms with Gasteiger partial charge >= 0.3 is 0 Å². The van der Waals surface area contributed by atoms with Gasteiger partial charge in [-0.1, -0.05) is 35.9 Å². The highest BCUT2D eigenvalue weighted by Crippen LogP contribution is 2.31. The lowest BCUT2D eigenvalue weighted by atomic mass is 10.1. The van der Waals surface area contributed by atoms with E-state index < -0.39 is 0 Å². The van der Waals surface area contributed by atoms with Crippen LogP contribution in [0, 0.1) is 0 Å². The number of rotatable bonds is 4. The van der Waals surface area contributed by atoms with Gasteiger partial charge in [0.05, 0.1) is 31.5 Å². The van der Waals surface area contributed by atoms with E-state index in [0.717, 1.165) is 16.7 Å². The van der Waals surface area contributed by atoms with Gasteiger partial charge in [-0.15, -0.1) is 11.3 Å². The van der Waals surface area contributed by atoms with Crippen LogP contribution < -0.4 is 5.56 Å². The molecule has 2 aromatic heterocycles. The summed E-state index contributed by atoms with van der Waals surface area (Å²) in [7, 11) is 0. The number of ether oxygens (including phenoxy) is 1. The number of hydrogen-bond acceptors (Lipinski definition) is 5. The van der Waals surface area contributed by atoms with Gasteiger partial charge in [-0.05, 0) is 35.4 Å². The Bertz CT molecular complexity index is 1320. The molecular weight excluding hydrogens is 446 g/mol. The lowest BCUT2D eigenvalue weighted by Gasteiger charge is -2.26. The number of fused-ring (bicyclic) bond motifs is 1. The van der Waals surface area contributed by atoms with Crippen LogP contribution in [0.25, 0.3) is 21.3 Å². The maximum absolute atomic E-state index is 13.3. The average molecular weight is 466 g/mol. The van der Waals surface area contributed by atoms with Crippen LogP contribution >= 0.6 is 22.9 Å². The number of hydrogen-bond donors (Lipinski definition) is 0. The van der Waals surface area contributed by atoms with E-state index in [-0.39, 0.29) is 11.5 Å². The molecule has 0 saturated carbocycles. The maximum atomic E-state index is 13.3. The predicted octanol–water partition coefficient (Wildman–Crippen LogP) is 4.30. The number of halogens is 1. The first kappa shape index (κ1) is 20.9. The molecule has 1 fully saturated rings. The number of aromatic nitrogens is 2. The summed E-state index contributed by atoms with van der Waals surface area (Å²) in [6.45, 7) is 2.74. The number of carbonyl (C=O) groups excluding carboxylic acids is 1. The van der Waals surface area contributed by atoms with Crippen molar-refractivity contribution in [2.45, 2.75) is 6.54 Å². The van der Waals surface area contributed by atoms with Gasteiger partial charge in [-0.3, -0.25) is 14.2 Å². The largest absolute Gasteiger partial charge is 0.378 e. The summed E-state index contributed by atoms with van der Waals surface area (Å²) in [6.07, 6.45) is 1.58. The van der Waals surface area contributed by atoms with E-state index in [1.807, 2.05) is 53.9 Å². The smallest absolute Gasteiger partial charge is 0.263 e. The molecule has 0 spiro atoms. The molecule has 1 aliphatic rings. The van der Waals surface area contributed by atoms with Gasteiger partial charge in [0.25, 0.3) is 11.5 Å². The number of carbonyl (C=O) groups is 1. The normalized spacial score (nSPS) is 14.1. The molecule has 1 aliphatic heterocycles. The summed E-state index contributed by atoms with van der Waals surface area (Å²) in [5.41, 5.74) is 3.27. The first-order valence-electron chi connectivity index (χ1n) is 10.3. The molecule has 1 amide bonds. The van der Waals surface area contributed by atoms with Crippen LogP contribution in [-0.2, 0) is 11.3 Å². The lowest BCUT2D eigenvalue weighted by Crippen LogP contribution is -2.40. The Morgan fingerprint density at radius 1 is 1.06 bits per heavy atom. The Morgan fingerprint density at radius 2 is 1.78 bits per heavy atom. The highest BCUT2D eigenvalue weighted by atomic mass is 35.5. The van der Waals surface area contributed by atoms with Gasteiger partial charge in [0, 0.05) is 34.6 Å². The van der Waals surface area contributed by atoms with E-state index in [9.17, 15) is 9.59 Å². The van der Waals surface area contributed by atoms with Crippen molar-refractivity contribution in [3.63, 3.8) is 0 Å². The molecule has 3 heterocycles. The second kappa shape index (κ2) is 8.86. The summed E-state index contributed by atoms with van der Waals surface area (Å²) in [5.74, 6) is 0.00554. The third-order valence-electron chi connectivity index (χ3n) is 5.57. The number of morpholine rings is 1. The number of thiophene rings is 1. The van der Waals surface area contributed by atoms with Crippen molar-refractivity contribution >= 4 is 39.1 Å². The Balaban J connectivity index is 1.41. The van der Waals surface area contributed by atoms with Crippen LogP contribution in [0.15, 0.2) is 65.0 Å². The first-order valence-corrected chi connectivity index (χ1v) is 11.5. The van der Waals surface area contributed by atoms with Gasteiger partial charge in [0.15, 0.2) is 0 Å². The first-order chi connectivity index (χ1) is 15.6. The summed E-state index contributed by atoms with van der Waals surface area (Å²) in [5, 5.41) is 3.22. The second-order valence-corrected chi connectivity index (χ2v) is 8.91. The monoisotopic (exact) mass is 465 g/mol. The Morgan fingerprint density at radius 3 is 2.50 bits per heavy atom. The fourth-order valence-electron chi connectivity index (χ4n) is 3.82. The molecule has 162 valence electrons. The van der Waals surface area contributed by atoms with Gasteiger partial charge in [0.1, 0.15) is 4.83 Å².